The fourth-order valence-corrected chi connectivity index (χ4v) is 2.53. The molecule has 0 unspecified atom stereocenters. The molecule has 21 heavy (non-hydrogen) atoms. The van der Waals surface area contributed by atoms with E-state index in [1.54, 1.807) is 0 Å². The lowest BCUT2D eigenvalue weighted by molar-refractivity contribution is -0.137. The zero-order valence-electron chi connectivity index (χ0n) is 13.9. The van der Waals surface area contributed by atoms with Crippen molar-refractivity contribution in [2.24, 2.45) is 0 Å². The highest BCUT2D eigenvalue weighted by atomic mass is 16.4. The maximum Gasteiger partial charge on any atom is 0.303 e. The molecular formula is C18H34O3. The van der Waals surface area contributed by atoms with Gasteiger partial charge in [0, 0.05) is 19.3 Å². The lowest BCUT2D eigenvalue weighted by atomic mass is 10.0. The summed E-state index contributed by atoms with van der Waals surface area (Å²) in [7, 11) is 0. The molecule has 0 radical (unpaired) electrons. The lowest BCUT2D eigenvalue weighted by Crippen LogP contribution is -1.97. The summed E-state index contributed by atoms with van der Waals surface area (Å²) in [4.78, 5) is 22.0. The third kappa shape index (κ3) is 17.1. The number of hydrogen-bond acceptors (Lipinski definition) is 2. The van der Waals surface area contributed by atoms with Crippen LogP contribution in [0.4, 0.5) is 0 Å². The Bertz CT molecular complexity index is 261. The van der Waals surface area contributed by atoms with Gasteiger partial charge in [-0.25, -0.2) is 0 Å². The van der Waals surface area contributed by atoms with Crippen molar-refractivity contribution in [3.05, 3.63) is 0 Å². The number of carboxylic acid groups (broad SMARTS) is 1. The molecule has 0 bridgehead atoms. The molecule has 1 N–H and O–H groups in total. The smallest absolute Gasteiger partial charge is 0.303 e. The Labute approximate surface area is 130 Å². The quantitative estimate of drug-likeness (QED) is 0.382. The average Bonchev–Trinajstić information content (AvgIpc) is 2.45. The molecule has 0 aliphatic carbocycles. The number of carbonyl (C=O) groups is 2. The van der Waals surface area contributed by atoms with Crippen LogP contribution >= 0.6 is 0 Å². The van der Waals surface area contributed by atoms with Crippen LogP contribution < -0.4 is 0 Å². The van der Waals surface area contributed by atoms with Crippen molar-refractivity contribution < 1.29 is 14.7 Å². The number of Topliss-reactive ketones (excluding diaryl/α,β-unsaturated/α-hetero) is 1. The molecule has 0 aromatic rings. The van der Waals surface area contributed by atoms with Crippen molar-refractivity contribution in [3.8, 4) is 0 Å². The molecular weight excluding hydrogens is 264 g/mol. The van der Waals surface area contributed by atoms with Crippen LogP contribution in [0.15, 0.2) is 0 Å². The Balaban J connectivity index is 3.17. The molecule has 0 amide bonds. The van der Waals surface area contributed by atoms with E-state index in [1.807, 2.05) is 0 Å². The van der Waals surface area contributed by atoms with Gasteiger partial charge in [-0.15, -0.1) is 0 Å². The van der Waals surface area contributed by atoms with Crippen LogP contribution in [0.1, 0.15) is 103 Å². The lowest BCUT2D eigenvalue weighted by Gasteiger charge is -2.02. The number of carbonyl (C=O) groups excluding carboxylic acids is 1. The van der Waals surface area contributed by atoms with E-state index < -0.39 is 5.97 Å². The van der Waals surface area contributed by atoms with Gasteiger partial charge in [0.2, 0.25) is 0 Å². The van der Waals surface area contributed by atoms with E-state index in [0.29, 0.717) is 5.78 Å². The fraction of sp³-hybridized carbons (Fsp3) is 0.889. The second-order valence-corrected chi connectivity index (χ2v) is 6.07. The van der Waals surface area contributed by atoms with Gasteiger partial charge in [0.15, 0.2) is 0 Å². The van der Waals surface area contributed by atoms with Crippen LogP contribution in [0.2, 0.25) is 0 Å². The highest BCUT2D eigenvalue weighted by Crippen LogP contribution is 2.11. The van der Waals surface area contributed by atoms with Crippen LogP contribution in [0.25, 0.3) is 0 Å². The minimum absolute atomic E-state index is 0.288. The van der Waals surface area contributed by atoms with E-state index in [-0.39, 0.29) is 6.42 Å². The van der Waals surface area contributed by atoms with E-state index in [1.165, 1.54) is 32.1 Å². The van der Waals surface area contributed by atoms with Gasteiger partial charge in [-0.2, -0.15) is 0 Å². The number of aliphatic carboxylic acids is 1. The molecule has 0 aliphatic rings. The number of ketones is 1. The highest BCUT2D eigenvalue weighted by Gasteiger charge is 2.02. The van der Waals surface area contributed by atoms with Gasteiger partial charge in [-0.05, 0) is 19.3 Å². The first-order valence-electron chi connectivity index (χ1n) is 8.90. The zero-order chi connectivity index (χ0) is 15.8. The van der Waals surface area contributed by atoms with E-state index in [9.17, 15) is 9.59 Å². The largest absolute Gasteiger partial charge is 0.481 e. The highest BCUT2D eigenvalue weighted by molar-refractivity contribution is 5.78. The molecule has 0 atom stereocenters. The standard InChI is InChI=1S/C18H34O3/c1-2-3-4-5-8-11-14-17(19)15-12-9-6-7-10-13-16-18(20)21/h2-16H2,1H3,(H,20,21). The zero-order valence-corrected chi connectivity index (χ0v) is 13.9. The van der Waals surface area contributed by atoms with Crippen molar-refractivity contribution in [1.82, 2.24) is 0 Å². The summed E-state index contributed by atoms with van der Waals surface area (Å²) >= 11 is 0. The third-order valence-corrected chi connectivity index (χ3v) is 3.91. The van der Waals surface area contributed by atoms with Crippen LogP contribution in [0, 0.1) is 0 Å². The second-order valence-electron chi connectivity index (χ2n) is 6.07. The van der Waals surface area contributed by atoms with E-state index in [2.05, 4.69) is 6.92 Å². The van der Waals surface area contributed by atoms with Crippen molar-refractivity contribution in [2.75, 3.05) is 0 Å². The van der Waals surface area contributed by atoms with E-state index in [4.69, 9.17) is 5.11 Å². The Morgan fingerprint density at radius 2 is 1.00 bits per heavy atom. The molecule has 0 spiro atoms. The molecule has 0 saturated carbocycles. The number of unbranched alkanes of at least 4 members (excludes halogenated alkanes) is 10. The maximum atomic E-state index is 11.7. The summed E-state index contributed by atoms with van der Waals surface area (Å²) in [6.45, 7) is 2.22. The predicted octanol–water partition coefficient (Wildman–Crippen LogP) is 5.51. The Hall–Kier alpha value is -0.860. The van der Waals surface area contributed by atoms with Gasteiger partial charge in [-0.3, -0.25) is 9.59 Å². The molecule has 124 valence electrons. The summed E-state index contributed by atoms with van der Waals surface area (Å²) in [5.74, 6) is -0.272. The minimum atomic E-state index is -0.699. The summed E-state index contributed by atoms with van der Waals surface area (Å²) in [5.41, 5.74) is 0. The van der Waals surface area contributed by atoms with Gasteiger partial charge in [-0.1, -0.05) is 64.7 Å². The first-order chi connectivity index (χ1) is 10.2. The average molecular weight is 298 g/mol. The Morgan fingerprint density at radius 1 is 0.619 bits per heavy atom. The van der Waals surface area contributed by atoms with Crippen LogP contribution in [-0.2, 0) is 9.59 Å². The van der Waals surface area contributed by atoms with Crippen molar-refractivity contribution >= 4 is 11.8 Å². The summed E-state index contributed by atoms with van der Waals surface area (Å²) in [5, 5.41) is 8.51. The van der Waals surface area contributed by atoms with Gasteiger partial charge in [0.05, 0.1) is 0 Å². The van der Waals surface area contributed by atoms with Gasteiger partial charge < -0.3 is 5.11 Å². The first kappa shape index (κ1) is 20.1. The van der Waals surface area contributed by atoms with Gasteiger partial charge in [0.25, 0.3) is 0 Å². The normalized spacial score (nSPS) is 10.7. The summed E-state index contributed by atoms with van der Waals surface area (Å²) in [6, 6.07) is 0. The van der Waals surface area contributed by atoms with Crippen molar-refractivity contribution in [1.29, 1.82) is 0 Å². The Morgan fingerprint density at radius 3 is 1.43 bits per heavy atom. The first-order valence-corrected chi connectivity index (χ1v) is 8.90. The molecule has 0 rings (SSSR count). The fourth-order valence-electron chi connectivity index (χ4n) is 2.53. The van der Waals surface area contributed by atoms with Gasteiger partial charge in [0.1, 0.15) is 5.78 Å². The number of hydrogen-bond donors (Lipinski definition) is 1. The molecule has 3 nitrogen and oxygen atoms in total. The molecule has 0 aliphatic heterocycles. The SMILES string of the molecule is CCCCCCCCC(=O)CCCCCCCCC(=O)O. The third-order valence-electron chi connectivity index (χ3n) is 3.91. The van der Waals surface area contributed by atoms with Crippen molar-refractivity contribution in [2.45, 2.75) is 103 Å². The second kappa shape index (κ2) is 15.5. The van der Waals surface area contributed by atoms with E-state index in [0.717, 1.165) is 57.8 Å². The van der Waals surface area contributed by atoms with Crippen LogP contribution in [0.5, 0.6) is 0 Å². The molecule has 0 fully saturated rings. The summed E-state index contributed by atoms with van der Waals surface area (Å²) in [6.07, 6.45) is 15.4. The minimum Gasteiger partial charge on any atom is -0.481 e. The molecule has 0 heterocycles. The number of carboxylic acids is 1. The topological polar surface area (TPSA) is 54.4 Å². The molecule has 3 heteroatoms. The molecule has 0 aromatic carbocycles. The maximum absolute atomic E-state index is 11.7. The van der Waals surface area contributed by atoms with Crippen LogP contribution in [-0.4, -0.2) is 16.9 Å². The molecule has 0 saturated heterocycles. The Kier molecular flexibility index (Phi) is 14.9. The van der Waals surface area contributed by atoms with Gasteiger partial charge >= 0.3 is 5.97 Å². The summed E-state index contributed by atoms with van der Waals surface area (Å²) < 4.78 is 0. The monoisotopic (exact) mass is 298 g/mol. The van der Waals surface area contributed by atoms with Crippen LogP contribution in [0.3, 0.4) is 0 Å². The van der Waals surface area contributed by atoms with E-state index >= 15 is 0 Å². The molecule has 0 aromatic heterocycles. The predicted molar refractivity (Wildman–Crippen MR) is 87.6 cm³/mol. The number of rotatable bonds is 16. The van der Waals surface area contributed by atoms with Crippen molar-refractivity contribution in [3.63, 3.8) is 0 Å².